The van der Waals surface area contributed by atoms with E-state index in [2.05, 4.69) is 195 Å². The monoisotopic (exact) mass is 638 g/mol. The summed E-state index contributed by atoms with van der Waals surface area (Å²) in [5, 5.41) is 2.53. The highest BCUT2D eigenvalue weighted by Crippen LogP contribution is 2.60. The first kappa shape index (κ1) is 28.8. The molecule has 236 valence electrons. The molecule has 50 heavy (non-hydrogen) atoms. The predicted octanol–water partition coefficient (Wildman–Crippen LogP) is 12.3. The molecule has 0 aromatic heterocycles. The Kier molecular flexibility index (Phi) is 6.29. The number of fused-ring (bicyclic) bond motifs is 7. The molecule has 0 fully saturated rings. The molecule has 10 rings (SSSR count). The molecule has 0 N–H and O–H groups in total. The van der Waals surface area contributed by atoms with Gasteiger partial charge in [0.1, 0.15) is 11.5 Å². The van der Waals surface area contributed by atoms with E-state index < -0.39 is 10.8 Å². The Morgan fingerprint density at radius 1 is 0.400 bits per heavy atom. The quantitative estimate of drug-likeness (QED) is 0.186. The van der Waals surface area contributed by atoms with E-state index in [4.69, 9.17) is 4.74 Å². The van der Waals surface area contributed by atoms with Crippen LogP contribution in [-0.2, 0) is 10.8 Å². The van der Waals surface area contributed by atoms with E-state index in [0.717, 1.165) is 11.5 Å². The summed E-state index contributed by atoms with van der Waals surface area (Å²) in [5.74, 6) is 1.81. The number of benzene rings is 8. The Hall–Kier alpha value is -6.18. The number of hydrogen-bond donors (Lipinski definition) is 0. The standard InChI is InChI=1S/C49H34O/c1-48(35-17-4-2-5-18-35)43-26-14-15-27-45(43)50-46-31-29-34(32-44(46)48)37-21-10-12-24-41(37)49(36-19-6-3-7-20-36)42-25-13-11-23-39(42)40-30-28-33-16-8-9-22-38(33)47(40)49/h2-32H,1H3. The summed E-state index contributed by atoms with van der Waals surface area (Å²) in [7, 11) is 0. The van der Waals surface area contributed by atoms with Gasteiger partial charge in [0.05, 0.1) is 5.41 Å². The lowest BCUT2D eigenvalue weighted by atomic mass is 9.64. The van der Waals surface area contributed by atoms with Crippen molar-refractivity contribution >= 4 is 10.8 Å². The minimum absolute atomic E-state index is 0.406. The van der Waals surface area contributed by atoms with Crippen LogP contribution in [-0.4, -0.2) is 0 Å². The van der Waals surface area contributed by atoms with Gasteiger partial charge in [-0.15, -0.1) is 0 Å². The summed E-state index contributed by atoms with van der Waals surface area (Å²) in [6, 6.07) is 68.9. The molecule has 1 aliphatic carbocycles. The van der Waals surface area contributed by atoms with Crippen LogP contribution in [0.25, 0.3) is 33.0 Å². The van der Waals surface area contributed by atoms with Gasteiger partial charge in [0.25, 0.3) is 0 Å². The van der Waals surface area contributed by atoms with Gasteiger partial charge in [0, 0.05) is 16.5 Å². The van der Waals surface area contributed by atoms with Crippen LogP contribution in [0.3, 0.4) is 0 Å². The second-order valence-electron chi connectivity index (χ2n) is 13.7. The Morgan fingerprint density at radius 2 is 0.980 bits per heavy atom. The van der Waals surface area contributed by atoms with Crippen LogP contribution in [0.15, 0.2) is 188 Å². The SMILES string of the molecule is CC1(c2ccccc2)c2ccccc2Oc2ccc(-c3ccccc3C3(c4ccccc4)c4ccccc4-c4ccc5ccccc5c43)cc21. The van der Waals surface area contributed by atoms with E-state index in [9.17, 15) is 0 Å². The van der Waals surface area contributed by atoms with Crippen molar-refractivity contribution in [2.24, 2.45) is 0 Å². The van der Waals surface area contributed by atoms with Gasteiger partial charge in [-0.25, -0.2) is 0 Å². The first-order valence-electron chi connectivity index (χ1n) is 17.4. The zero-order valence-electron chi connectivity index (χ0n) is 27.8. The first-order valence-corrected chi connectivity index (χ1v) is 17.4. The van der Waals surface area contributed by atoms with Crippen LogP contribution in [0.2, 0.25) is 0 Å². The summed E-state index contributed by atoms with van der Waals surface area (Å²) < 4.78 is 6.65. The van der Waals surface area contributed by atoms with Crippen LogP contribution < -0.4 is 4.74 Å². The molecule has 0 saturated carbocycles. The lowest BCUT2D eigenvalue weighted by molar-refractivity contribution is 0.427. The molecule has 1 heteroatoms. The summed E-state index contributed by atoms with van der Waals surface area (Å²) in [4.78, 5) is 0. The summed E-state index contributed by atoms with van der Waals surface area (Å²) in [5.41, 5.74) is 12.8. The second kappa shape index (κ2) is 10.9. The number of hydrogen-bond acceptors (Lipinski definition) is 1. The molecule has 0 bridgehead atoms. The van der Waals surface area contributed by atoms with Crippen molar-refractivity contribution in [2.45, 2.75) is 17.8 Å². The molecule has 1 aliphatic heterocycles. The van der Waals surface area contributed by atoms with E-state index in [-0.39, 0.29) is 0 Å². The van der Waals surface area contributed by atoms with Crippen molar-refractivity contribution in [3.63, 3.8) is 0 Å². The van der Waals surface area contributed by atoms with E-state index in [1.54, 1.807) is 0 Å². The maximum absolute atomic E-state index is 6.65. The smallest absolute Gasteiger partial charge is 0.131 e. The lowest BCUT2D eigenvalue weighted by Gasteiger charge is -2.39. The molecule has 0 amide bonds. The first-order chi connectivity index (χ1) is 24.7. The van der Waals surface area contributed by atoms with Crippen molar-refractivity contribution in [1.82, 2.24) is 0 Å². The summed E-state index contributed by atoms with van der Waals surface area (Å²) >= 11 is 0. The highest BCUT2D eigenvalue weighted by atomic mass is 16.5. The van der Waals surface area contributed by atoms with Gasteiger partial charge >= 0.3 is 0 Å². The van der Waals surface area contributed by atoms with Crippen molar-refractivity contribution in [1.29, 1.82) is 0 Å². The van der Waals surface area contributed by atoms with Crippen LogP contribution >= 0.6 is 0 Å². The van der Waals surface area contributed by atoms with Crippen LogP contribution in [0.5, 0.6) is 11.5 Å². The van der Waals surface area contributed by atoms with E-state index in [1.165, 1.54) is 72.0 Å². The van der Waals surface area contributed by atoms with Crippen molar-refractivity contribution < 1.29 is 4.74 Å². The van der Waals surface area contributed by atoms with Gasteiger partial charge in [-0.05, 0) is 86.0 Å². The fraction of sp³-hybridized carbons (Fsp3) is 0.0612. The molecule has 2 unspecified atom stereocenters. The van der Waals surface area contributed by atoms with Crippen molar-refractivity contribution in [3.05, 3.63) is 227 Å². The molecule has 1 heterocycles. The third-order valence-corrected chi connectivity index (χ3v) is 11.3. The second-order valence-corrected chi connectivity index (χ2v) is 13.7. The number of para-hydroxylation sites is 1. The Morgan fingerprint density at radius 3 is 1.76 bits per heavy atom. The predicted molar refractivity (Wildman–Crippen MR) is 205 cm³/mol. The Labute approximate surface area is 293 Å². The minimum atomic E-state index is -0.549. The molecule has 0 spiro atoms. The van der Waals surface area contributed by atoms with Crippen LogP contribution in [0.4, 0.5) is 0 Å². The highest BCUT2D eigenvalue weighted by Gasteiger charge is 2.48. The molecule has 8 aromatic rings. The normalized spacial score (nSPS) is 18.4. The topological polar surface area (TPSA) is 9.23 Å². The van der Waals surface area contributed by atoms with Gasteiger partial charge in [0.15, 0.2) is 0 Å². The summed E-state index contributed by atoms with van der Waals surface area (Å²) in [6.45, 7) is 2.35. The Balaban J connectivity index is 1.29. The molecule has 1 nitrogen and oxygen atoms in total. The lowest BCUT2D eigenvalue weighted by Crippen LogP contribution is -2.30. The van der Waals surface area contributed by atoms with Gasteiger partial charge in [-0.2, -0.15) is 0 Å². The summed E-state index contributed by atoms with van der Waals surface area (Å²) in [6.07, 6.45) is 0. The molecule has 0 saturated heterocycles. The largest absolute Gasteiger partial charge is 0.457 e. The van der Waals surface area contributed by atoms with Gasteiger partial charge in [0.2, 0.25) is 0 Å². The van der Waals surface area contributed by atoms with E-state index in [0.29, 0.717) is 0 Å². The molecular formula is C49H34O. The molecule has 0 radical (unpaired) electrons. The average Bonchev–Trinajstić information content (AvgIpc) is 3.50. The molecular weight excluding hydrogens is 605 g/mol. The zero-order valence-corrected chi connectivity index (χ0v) is 27.8. The molecule has 8 aromatic carbocycles. The molecule has 2 atom stereocenters. The number of rotatable bonds is 4. The van der Waals surface area contributed by atoms with E-state index in [1.807, 2.05) is 0 Å². The fourth-order valence-electron chi connectivity index (χ4n) is 9.06. The maximum Gasteiger partial charge on any atom is 0.131 e. The van der Waals surface area contributed by atoms with E-state index >= 15 is 0 Å². The third kappa shape index (κ3) is 3.89. The third-order valence-electron chi connectivity index (χ3n) is 11.3. The van der Waals surface area contributed by atoms with Crippen molar-refractivity contribution in [3.8, 4) is 33.8 Å². The average molecular weight is 639 g/mol. The fourth-order valence-corrected chi connectivity index (χ4v) is 9.06. The van der Waals surface area contributed by atoms with Gasteiger partial charge in [-0.1, -0.05) is 170 Å². The van der Waals surface area contributed by atoms with Gasteiger partial charge in [-0.3, -0.25) is 0 Å². The van der Waals surface area contributed by atoms with Crippen molar-refractivity contribution in [2.75, 3.05) is 0 Å². The molecule has 2 aliphatic rings. The number of ether oxygens (including phenoxy) is 1. The minimum Gasteiger partial charge on any atom is -0.457 e. The Bertz CT molecular complexity index is 2580. The zero-order chi connectivity index (χ0) is 33.3. The van der Waals surface area contributed by atoms with Crippen LogP contribution in [0.1, 0.15) is 45.9 Å². The highest BCUT2D eigenvalue weighted by molar-refractivity contribution is 6.01. The van der Waals surface area contributed by atoms with Crippen LogP contribution in [0, 0.1) is 0 Å². The maximum atomic E-state index is 6.65. The van der Waals surface area contributed by atoms with Gasteiger partial charge < -0.3 is 4.74 Å².